The maximum atomic E-state index is 5.16. The Morgan fingerprint density at radius 3 is 2.75 bits per heavy atom. The third-order valence-corrected chi connectivity index (χ3v) is 1.80. The Kier molecular flexibility index (Phi) is 1.95. The quantitative estimate of drug-likeness (QED) is 0.644. The van der Waals surface area contributed by atoms with Crippen molar-refractivity contribution in [2.75, 3.05) is 0 Å². The fourth-order valence-corrected chi connectivity index (χ4v) is 1.17. The third-order valence-electron chi connectivity index (χ3n) is 1.80. The topological polar surface area (TPSA) is 13.1 Å². The van der Waals surface area contributed by atoms with Crippen LogP contribution in [0.3, 0.4) is 0 Å². The van der Waals surface area contributed by atoms with Crippen LogP contribution in [0.4, 0.5) is 0 Å². The summed E-state index contributed by atoms with van der Waals surface area (Å²) < 4.78 is 5.16. The van der Waals surface area contributed by atoms with Crippen molar-refractivity contribution < 1.29 is 4.42 Å². The molecule has 0 saturated heterocycles. The second-order valence-electron chi connectivity index (χ2n) is 2.72. The van der Waals surface area contributed by atoms with E-state index in [4.69, 9.17) is 4.42 Å². The molecule has 0 aliphatic heterocycles. The molecule has 1 aromatic heterocycles. The minimum absolute atomic E-state index is 0.440. The van der Waals surface area contributed by atoms with Crippen molar-refractivity contribution >= 4 is 6.08 Å². The molecule has 12 heavy (non-hydrogen) atoms. The fourth-order valence-electron chi connectivity index (χ4n) is 1.17. The summed E-state index contributed by atoms with van der Waals surface area (Å²) in [5.41, 5.74) is 0. The summed E-state index contributed by atoms with van der Waals surface area (Å²) in [6, 6.07) is 3.83. The molecule has 0 saturated carbocycles. The predicted molar refractivity (Wildman–Crippen MR) is 49.5 cm³/mol. The van der Waals surface area contributed by atoms with Crippen LogP contribution in [0.15, 0.2) is 53.2 Å². The minimum atomic E-state index is 0.440. The highest BCUT2D eigenvalue weighted by Crippen LogP contribution is 2.12. The molecule has 0 fully saturated rings. The van der Waals surface area contributed by atoms with E-state index in [1.807, 2.05) is 18.2 Å². The van der Waals surface area contributed by atoms with E-state index >= 15 is 0 Å². The van der Waals surface area contributed by atoms with E-state index in [0.717, 1.165) is 5.76 Å². The molecule has 0 radical (unpaired) electrons. The Hall–Kier alpha value is -1.50. The third kappa shape index (κ3) is 1.56. The maximum Gasteiger partial charge on any atom is 0.126 e. The van der Waals surface area contributed by atoms with Gasteiger partial charge in [0, 0.05) is 5.92 Å². The molecule has 0 atom stereocenters. The van der Waals surface area contributed by atoms with Crippen LogP contribution in [0, 0.1) is 5.92 Å². The average Bonchev–Trinajstić information content (AvgIpc) is 2.74. The molecule has 1 aliphatic rings. The van der Waals surface area contributed by atoms with Crippen molar-refractivity contribution in [2.24, 2.45) is 5.92 Å². The van der Waals surface area contributed by atoms with Gasteiger partial charge in [-0.1, -0.05) is 30.4 Å². The number of hydrogen-bond donors (Lipinski definition) is 0. The second kappa shape index (κ2) is 3.26. The first kappa shape index (κ1) is 7.17. The van der Waals surface area contributed by atoms with Crippen molar-refractivity contribution in [3.8, 4) is 0 Å². The zero-order chi connectivity index (χ0) is 8.23. The normalized spacial score (nSPS) is 16.7. The van der Waals surface area contributed by atoms with E-state index in [1.165, 1.54) is 0 Å². The number of allylic oxidation sites excluding steroid dienone is 5. The maximum absolute atomic E-state index is 5.16. The number of furan rings is 1. The van der Waals surface area contributed by atoms with Crippen LogP contribution in [-0.4, -0.2) is 0 Å². The van der Waals surface area contributed by atoms with Crippen LogP contribution < -0.4 is 0 Å². The molecule has 60 valence electrons. The summed E-state index contributed by atoms with van der Waals surface area (Å²) in [6.45, 7) is 0. The number of rotatable bonds is 2. The Labute approximate surface area is 71.7 Å². The highest BCUT2D eigenvalue weighted by molar-refractivity contribution is 5.44. The zero-order valence-corrected chi connectivity index (χ0v) is 6.68. The molecular formula is C11H10O. The van der Waals surface area contributed by atoms with Crippen molar-refractivity contribution in [2.45, 2.75) is 0 Å². The molecule has 1 heterocycles. The Morgan fingerprint density at radius 1 is 1.25 bits per heavy atom. The van der Waals surface area contributed by atoms with Gasteiger partial charge in [0.2, 0.25) is 0 Å². The fraction of sp³-hybridized carbons (Fsp3) is 0.0909. The van der Waals surface area contributed by atoms with Crippen LogP contribution in [0.25, 0.3) is 6.08 Å². The smallest absolute Gasteiger partial charge is 0.126 e. The van der Waals surface area contributed by atoms with Crippen LogP contribution in [0.2, 0.25) is 0 Å². The summed E-state index contributed by atoms with van der Waals surface area (Å²) in [6.07, 6.45) is 14.2. The van der Waals surface area contributed by atoms with Gasteiger partial charge in [-0.2, -0.15) is 0 Å². The Bertz CT molecular complexity index is 303. The molecular weight excluding hydrogens is 148 g/mol. The Morgan fingerprint density at radius 2 is 2.08 bits per heavy atom. The SMILES string of the molecule is C1=CC(/C=C/c2ccco2)C=C1. The monoisotopic (exact) mass is 158 g/mol. The molecule has 1 heteroatoms. The lowest BCUT2D eigenvalue weighted by Crippen LogP contribution is -1.79. The zero-order valence-electron chi connectivity index (χ0n) is 6.68. The molecule has 0 unspecified atom stereocenters. The van der Waals surface area contributed by atoms with Crippen molar-refractivity contribution in [3.05, 3.63) is 54.5 Å². The van der Waals surface area contributed by atoms with E-state index in [1.54, 1.807) is 6.26 Å². The molecule has 2 rings (SSSR count). The minimum Gasteiger partial charge on any atom is -0.465 e. The van der Waals surface area contributed by atoms with Crippen LogP contribution in [-0.2, 0) is 0 Å². The summed E-state index contributed by atoms with van der Waals surface area (Å²) in [5, 5.41) is 0. The second-order valence-corrected chi connectivity index (χ2v) is 2.72. The summed E-state index contributed by atoms with van der Waals surface area (Å²) in [5.74, 6) is 1.35. The average molecular weight is 158 g/mol. The Balaban J connectivity index is 2.03. The first-order chi connectivity index (χ1) is 5.95. The van der Waals surface area contributed by atoms with Gasteiger partial charge in [-0.15, -0.1) is 0 Å². The van der Waals surface area contributed by atoms with E-state index in [9.17, 15) is 0 Å². The van der Waals surface area contributed by atoms with Gasteiger partial charge in [-0.25, -0.2) is 0 Å². The summed E-state index contributed by atoms with van der Waals surface area (Å²) in [7, 11) is 0. The molecule has 0 spiro atoms. The summed E-state index contributed by atoms with van der Waals surface area (Å²) in [4.78, 5) is 0. The highest BCUT2D eigenvalue weighted by atomic mass is 16.3. The molecule has 0 N–H and O–H groups in total. The van der Waals surface area contributed by atoms with Gasteiger partial charge in [0.05, 0.1) is 6.26 Å². The lowest BCUT2D eigenvalue weighted by molar-refractivity contribution is 0.556. The van der Waals surface area contributed by atoms with Crippen molar-refractivity contribution in [1.29, 1.82) is 0 Å². The van der Waals surface area contributed by atoms with Gasteiger partial charge in [0.1, 0.15) is 5.76 Å². The molecule has 1 nitrogen and oxygen atoms in total. The van der Waals surface area contributed by atoms with E-state index in [2.05, 4.69) is 30.4 Å². The molecule has 0 aromatic carbocycles. The highest BCUT2D eigenvalue weighted by Gasteiger charge is 1.97. The van der Waals surface area contributed by atoms with Gasteiger partial charge in [0.15, 0.2) is 0 Å². The lowest BCUT2D eigenvalue weighted by atomic mass is 10.1. The van der Waals surface area contributed by atoms with Gasteiger partial charge >= 0.3 is 0 Å². The van der Waals surface area contributed by atoms with Gasteiger partial charge in [-0.3, -0.25) is 0 Å². The van der Waals surface area contributed by atoms with E-state index in [0.29, 0.717) is 5.92 Å². The van der Waals surface area contributed by atoms with E-state index < -0.39 is 0 Å². The largest absolute Gasteiger partial charge is 0.465 e. The van der Waals surface area contributed by atoms with E-state index in [-0.39, 0.29) is 0 Å². The van der Waals surface area contributed by atoms with Gasteiger partial charge in [-0.05, 0) is 18.2 Å². The molecule has 0 amide bonds. The van der Waals surface area contributed by atoms with Crippen LogP contribution in [0.1, 0.15) is 5.76 Å². The van der Waals surface area contributed by atoms with Crippen LogP contribution in [0.5, 0.6) is 0 Å². The first-order valence-electron chi connectivity index (χ1n) is 4.02. The molecule has 0 bridgehead atoms. The van der Waals surface area contributed by atoms with Crippen molar-refractivity contribution in [3.63, 3.8) is 0 Å². The lowest BCUT2D eigenvalue weighted by Gasteiger charge is -1.92. The predicted octanol–water partition coefficient (Wildman–Crippen LogP) is 3.04. The summed E-state index contributed by atoms with van der Waals surface area (Å²) >= 11 is 0. The molecule has 1 aliphatic carbocycles. The standard InChI is InChI=1S/C11H10O/c1-2-5-10(4-1)7-8-11-6-3-9-12-11/h1-10H/b8-7+. The van der Waals surface area contributed by atoms with Gasteiger partial charge in [0.25, 0.3) is 0 Å². The molecule has 1 aromatic rings. The van der Waals surface area contributed by atoms with Crippen LogP contribution >= 0.6 is 0 Å². The first-order valence-corrected chi connectivity index (χ1v) is 4.02. The van der Waals surface area contributed by atoms with Gasteiger partial charge < -0.3 is 4.42 Å². The van der Waals surface area contributed by atoms with Crippen molar-refractivity contribution in [1.82, 2.24) is 0 Å². The number of hydrogen-bond acceptors (Lipinski definition) is 1.